The Balaban J connectivity index is 1.51. The molecule has 3 rings (SSSR count). The number of carbonyl (C=O) groups excluding carboxylic acids is 1. The normalized spacial score (nSPS) is 28.5. The van der Waals surface area contributed by atoms with E-state index in [4.69, 9.17) is 9.47 Å². The Bertz CT molecular complexity index is 506. The van der Waals surface area contributed by atoms with Gasteiger partial charge in [0.15, 0.2) is 0 Å². The Kier molecular flexibility index (Phi) is 4.41. The summed E-state index contributed by atoms with van der Waals surface area (Å²) in [4.78, 5) is 12.1. The summed E-state index contributed by atoms with van der Waals surface area (Å²) >= 11 is 0. The molecule has 2 amide bonds. The Morgan fingerprint density at radius 1 is 1.19 bits per heavy atom. The number of amides is 2. The predicted octanol–water partition coefficient (Wildman–Crippen LogP) is 2.45. The quantitative estimate of drug-likeness (QED) is 0.879. The Morgan fingerprint density at radius 3 is 2.81 bits per heavy atom. The van der Waals surface area contributed by atoms with Crippen LogP contribution in [-0.2, 0) is 9.47 Å². The van der Waals surface area contributed by atoms with Gasteiger partial charge in [-0.3, -0.25) is 0 Å². The summed E-state index contributed by atoms with van der Waals surface area (Å²) in [6.07, 6.45) is 3.03. The maximum atomic E-state index is 12.1. The molecular formula is C16H22N2O3. The molecule has 114 valence electrons. The van der Waals surface area contributed by atoms with E-state index in [1.54, 1.807) is 0 Å². The molecule has 2 N–H and O–H groups in total. The second-order valence-corrected chi connectivity index (χ2v) is 5.80. The van der Waals surface area contributed by atoms with Gasteiger partial charge in [0.1, 0.15) is 0 Å². The van der Waals surface area contributed by atoms with Gasteiger partial charge in [0.25, 0.3) is 0 Å². The molecule has 0 radical (unpaired) electrons. The monoisotopic (exact) mass is 290 g/mol. The lowest BCUT2D eigenvalue weighted by Crippen LogP contribution is -2.50. The van der Waals surface area contributed by atoms with E-state index in [0.29, 0.717) is 13.2 Å². The third-order valence-electron chi connectivity index (χ3n) is 4.09. The Labute approximate surface area is 125 Å². The standard InChI is InChI=1S/C16H22N2O3/c1-11-3-2-4-12(9-11)17-16(19)18-13-5-6-14-15(10-13)21-8-7-20-14/h2-4,9,13-15H,5-8,10H2,1H3,(H2,17,18,19). The number of anilines is 1. The first-order valence-electron chi connectivity index (χ1n) is 7.58. The number of hydrogen-bond acceptors (Lipinski definition) is 3. The molecule has 2 fully saturated rings. The summed E-state index contributed by atoms with van der Waals surface area (Å²) in [5.74, 6) is 0. The lowest BCUT2D eigenvalue weighted by Gasteiger charge is -2.39. The summed E-state index contributed by atoms with van der Waals surface area (Å²) in [6.45, 7) is 3.35. The van der Waals surface area contributed by atoms with Gasteiger partial charge in [0.05, 0.1) is 25.4 Å². The molecule has 3 atom stereocenters. The van der Waals surface area contributed by atoms with Gasteiger partial charge in [-0.1, -0.05) is 12.1 Å². The molecule has 3 unspecified atom stereocenters. The zero-order valence-corrected chi connectivity index (χ0v) is 12.3. The van der Waals surface area contributed by atoms with Crippen LogP contribution in [0.1, 0.15) is 24.8 Å². The third-order valence-corrected chi connectivity index (χ3v) is 4.09. The number of benzene rings is 1. The van der Waals surface area contributed by atoms with Crippen molar-refractivity contribution >= 4 is 11.7 Å². The van der Waals surface area contributed by atoms with E-state index in [9.17, 15) is 4.79 Å². The molecule has 2 aliphatic rings. The van der Waals surface area contributed by atoms with E-state index in [0.717, 1.165) is 30.5 Å². The number of ether oxygens (including phenoxy) is 2. The van der Waals surface area contributed by atoms with Gasteiger partial charge in [-0.15, -0.1) is 0 Å². The highest BCUT2D eigenvalue weighted by Gasteiger charge is 2.34. The van der Waals surface area contributed by atoms with Crippen LogP contribution in [0.15, 0.2) is 24.3 Å². The second kappa shape index (κ2) is 6.45. The molecular weight excluding hydrogens is 268 g/mol. The van der Waals surface area contributed by atoms with Gasteiger partial charge in [-0.25, -0.2) is 4.79 Å². The fourth-order valence-electron chi connectivity index (χ4n) is 3.07. The minimum atomic E-state index is -0.152. The fraction of sp³-hybridized carbons (Fsp3) is 0.562. The van der Waals surface area contributed by atoms with Crippen LogP contribution >= 0.6 is 0 Å². The van der Waals surface area contributed by atoms with Crippen molar-refractivity contribution < 1.29 is 14.3 Å². The first-order chi connectivity index (χ1) is 10.2. The molecule has 1 aromatic rings. The van der Waals surface area contributed by atoms with E-state index >= 15 is 0 Å². The lowest BCUT2D eigenvalue weighted by atomic mass is 9.90. The van der Waals surface area contributed by atoms with Crippen molar-refractivity contribution in [3.8, 4) is 0 Å². The smallest absolute Gasteiger partial charge is 0.319 e. The summed E-state index contributed by atoms with van der Waals surface area (Å²) in [5.41, 5.74) is 1.94. The van der Waals surface area contributed by atoms with E-state index in [1.165, 1.54) is 0 Å². The van der Waals surface area contributed by atoms with Gasteiger partial charge in [-0.2, -0.15) is 0 Å². The molecule has 1 saturated heterocycles. The van der Waals surface area contributed by atoms with Gasteiger partial charge >= 0.3 is 6.03 Å². The highest BCUT2D eigenvalue weighted by molar-refractivity contribution is 5.89. The summed E-state index contributed by atoms with van der Waals surface area (Å²) in [7, 11) is 0. The molecule has 1 saturated carbocycles. The molecule has 21 heavy (non-hydrogen) atoms. The average Bonchev–Trinajstić information content (AvgIpc) is 2.47. The van der Waals surface area contributed by atoms with Crippen LogP contribution in [0.3, 0.4) is 0 Å². The van der Waals surface area contributed by atoms with Crippen LogP contribution in [0.5, 0.6) is 0 Å². The Morgan fingerprint density at radius 2 is 2.00 bits per heavy atom. The topological polar surface area (TPSA) is 59.6 Å². The molecule has 0 bridgehead atoms. The summed E-state index contributed by atoms with van der Waals surface area (Å²) in [5, 5.41) is 5.91. The van der Waals surface area contributed by atoms with Crippen molar-refractivity contribution in [1.29, 1.82) is 0 Å². The van der Waals surface area contributed by atoms with Crippen molar-refractivity contribution in [2.24, 2.45) is 0 Å². The SMILES string of the molecule is Cc1cccc(NC(=O)NC2CCC3OCCOC3C2)c1. The van der Waals surface area contributed by atoms with Crippen LogP contribution in [-0.4, -0.2) is 37.5 Å². The van der Waals surface area contributed by atoms with Crippen molar-refractivity contribution in [3.63, 3.8) is 0 Å². The third kappa shape index (κ3) is 3.74. The molecule has 0 spiro atoms. The lowest BCUT2D eigenvalue weighted by molar-refractivity contribution is -0.157. The molecule has 1 aliphatic carbocycles. The minimum absolute atomic E-state index is 0.122. The number of rotatable bonds is 2. The molecule has 0 aromatic heterocycles. The maximum absolute atomic E-state index is 12.1. The van der Waals surface area contributed by atoms with E-state index in [-0.39, 0.29) is 24.3 Å². The maximum Gasteiger partial charge on any atom is 0.319 e. The van der Waals surface area contributed by atoms with E-state index < -0.39 is 0 Å². The van der Waals surface area contributed by atoms with Crippen molar-refractivity contribution in [2.75, 3.05) is 18.5 Å². The van der Waals surface area contributed by atoms with Gasteiger partial charge in [-0.05, 0) is 43.9 Å². The van der Waals surface area contributed by atoms with Crippen molar-refractivity contribution in [1.82, 2.24) is 5.32 Å². The number of nitrogens with one attached hydrogen (secondary N) is 2. The second-order valence-electron chi connectivity index (χ2n) is 5.80. The van der Waals surface area contributed by atoms with Crippen LogP contribution in [0.4, 0.5) is 10.5 Å². The van der Waals surface area contributed by atoms with Crippen molar-refractivity contribution in [2.45, 2.75) is 44.4 Å². The predicted molar refractivity (Wildman–Crippen MR) is 80.5 cm³/mol. The number of fused-ring (bicyclic) bond motifs is 1. The molecule has 5 nitrogen and oxygen atoms in total. The van der Waals surface area contributed by atoms with Crippen LogP contribution in [0.25, 0.3) is 0 Å². The highest BCUT2D eigenvalue weighted by Crippen LogP contribution is 2.26. The molecule has 1 aliphatic heterocycles. The van der Waals surface area contributed by atoms with Crippen LogP contribution in [0, 0.1) is 6.92 Å². The number of aryl methyl sites for hydroxylation is 1. The van der Waals surface area contributed by atoms with Gasteiger partial charge in [0.2, 0.25) is 0 Å². The van der Waals surface area contributed by atoms with E-state index in [1.807, 2.05) is 31.2 Å². The zero-order chi connectivity index (χ0) is 14.7. The summed E-state index contributed by atoms with van der Waals surface area (Å²) < 4.78 is 11.4. The number of hydrogen-bond donors (Lipinski definition) is 2. The zero-order valence-electron chi connectivity index (χ0n) is 12.3. The number of urea groups is 1. The summed E-state index contributed by atoms with van der Waals surface area (Å²) in [6, 6.07) is 7.78. The Hall–Kier alpha value is -1.59. The van der Waals surface area contributed by atoms with Crippen LogP contribution < -0.4 is 10.6 Å². The average molecular weight is 290 g/mol. The van der Waals surface area contributed by atoms with Gasteiger partial charge in [0, 0.05) is 11.7 Å². The fourth-order valence-corrected chi connectivity index (χ4v) is 3.07. The largest absolute Gasteiger partial charge is 0.373 e. The van der Waals surface area contributed by atoms with Crippen molar-refractivity contribution in [3.05, 3.63) is 29.8 Å². The highest BCUT2D eigenvalue weighted by atomic mass is 16.6. The molecule has 1 heterocycles. The first kappa shape index (κ1) is 14.4. The van der Waals surface area contributed by atoms with Crippen LogP contribution in [0.2, 0.25) is 0 Å². The number of carbonyl (C=O) groups is 1. The minimum Gasteiger partial charge on any atom is -0.373 e. The van der Waals surface area contributed by atoms with E-state index in [2.05, 4.69) is 10.6 Å². The van der Waals surface area contributed by atoms with Gasteiger partial charge < -0.3 is 20.1 Å². The molecule has 1 aromatic carbocycles. The molecule has 5 heteroatoms. The first-order valence-corrected chi connectivity index (χ1v) is 7.58.